The van der Waals surface area contributed by atoms with Crippen LogP contribution >= 0.6 is 0 Å². The molecule has 0 aromatic heterocycles. The molecule has 0 spiro atoms. The fourth-order valence-electron chi connectivity index (χ4n) is 4.30. The predicted octanol–water partition coefficient (Wildman–Crippen LogP) is 2.97. The van der Waals surface area contributed by atoms with Crippen molar-refractivity contribution in [1.29, 1.82) is 0 Å². The van der Waals surface area contributed by atoms with Crippen LogP contribution in [0.2, 0.25) is 0 Å². The lowest BCUT2D eigenvalue weighted by atomic mass is 9.45. The van der Waals surface area contributed by atoms with E-state index in [0.717, 1.165) is 6.42 Å². The molecule has 3 atom stereocenters. The largest absolute Gasteiger partial charge is 0.390 e. The maximum atomic E-state index is 10.4. The second-order valence-corrected chi connectivity index (χ2v) is 6.62. The molecule has 76 valence electrons. The molecule has 2 aliphatic rings. The summed E-state index contributed by atoms with van der Waals surface area (Å²) in [6.07, 6.45) is 4.82. The van der Waals surface area contributed by atoms with Crippen LogP contribution in [-0.4, -0.2) is 10.7 Å². The monoisotopic (exact) mass is 182 g/mol. The Bertz CT molecular complexity index is 214. The van der Waals surface area contributed by atoms with Crippen LogP contribution in [0.25, 0.3) is 0 Å². The van der Waals surface area contributed by atoms with Gasteiger partial charge >= 0.3 is 0 Å². The first-order chi connectivity index (χ1) is 5.75. The molecule has 0 saturated heterocycles. The Morgan fingerprint density at radius 3 is 2.08 bits per heavy atom. The van der Waals surface area contributed by atoms with Crippen LogP contribution in [0.4, 0.5) is 0 Å². The van der Waals surface area contributed by atoms with Gasteiger partial charge in [-0.15, -0.1) is 0 Å². The second-order valence-electron chi connectivity index (χ2n) is 6.62. The van der Waals surface area contributed by atoms with E-state index in [2.05, 4.69) is 20.8 Å². The molecule has 1 heteroatoms. The van der Waals surface area contributed by atoms with Gasteiger partial charge in [-0.1, -0.05) is 20.8 Å². The van der Waals surface area contributed by atoms with Crippen molar-refractivity contribution in [2.45, 2.75) is 59.0 Å². The first-order valence-corrected chi connectivity index (χ1v) is 5.48. The van der Waals surface area contributed by atoms with Crippen molar-refractivity contribution in [3.63, 3.8) is 0 Å². The van der Waals surface area contributed by atoms with Gasteiger partial charge in [-0.3, -0.25) is 0 Å². The Labute approximate surface area is 81.5 Å². The third-order valence-electron chi connectivity index (χ3n) is 4.31. The van der Waals surface area contributed by atoms with Gasteiger partial charge in [0.25, 0.3) is 0 Å². The molecule has 2 saturated carbocycles. The topological polar surface area (TPSA) is 20.2 Å². The summed E-state index contributed by atoms with van der Waals surface area (Å²) >= 11 is 0. The highest BCUT2D eigenvalue weighted by molar-refractivity contribution is 5.08. The zero-order chi connectivity index (χ0) is 9.91. The first-order valence-electron chi connectivity index (χ1n) is 5.48. The minimum absolute atomic E-state index is 0.329. The van der Waals surface area contributed by atoms with Gasteiger partial charge in [0.15, 0.2) is 0 Å². The van der Waals surface area contributed by atoms with Crippen molar-refractivity contribution in [2.75, 3.05) is 0 Å². The van der Waals surface area contributed by atoms with E-state index < -0.39 is 5.60 Å². The third-order valence-corrected chi connectivity index (χ3v) is 4.31. The lowest BCUT2D eigenvalue weighted by molar-refractivity contribution is -0.184. The summed E-state index contributed by atoms with van der Waals surface area (Å²) < 4.78 is 0. The van der Waals surface area contributed by atoms with E-state index in [1.54, 1.807) is 0 Å². The number of hydrogen-bond donors (Lipinski definition) is 1. The Balaban J connectivity index is 2.27. The summed E-state index contributed by atoms with van der Waals surface area (Å²) in [5.74, 6) is 0.563. The zero-order valence-corrected chi connectivity index (χ0v) is 9.35. The number of hydrogen-bond acceptors (Lipinski definition) is 1. The highest BCUT2D eigenvalue weighted by atomic mass is 16.3. The molecule has 0 radical (unpaired) electrons. The standard InChI is InChI=1S/C12H22O/c1-10(2)7-11(3)6-5-9(11)12(4,13)8-10/h9,13H,5-8H2,1-4H3. The van der Waals surface area contributed by atoms with E-state index in [9.17, 15) is 5.11 Å². The van der Waals surface area contributed by atoms with Crippen LogP contribution in [0.1, 0.15) is 53.4 Å². The second kappa shape index (κ2) is 2.31. The third kappa shape index (κ3) is 1.32. The van der Waals surface area contributed by atoms with E-state index in [0.29, 0.717) is 16.7 Å². The average molecular weight is 182 g/mol. The van der Waals surface area contributed by atoms with Crippen LogP contribution in [0, 0.1) is 16.7 Å². The van der Waals surface area contributed by atoms with Gasteiger partial charge in [0.2, 0.25) is 0 Å². The Morgan fingerprint density at radius 2 is 1.69 bits per heavy atom. The van der Waals surface area contributed by atoms with E-state index in [1.165, 1.54) is 19.3 Å². The predicted molar refractivity (Wildman–Crippen MR) is 54.5 cm³/mol. The summed E-state index contributed by atoms with van der Waals surface area (Å²) in [5.41, 5.74) is 0.356. The fourth-order valence-corrected chi connectivity index (χ4v) is 4.30. The van der Waals surface area contributed by atoms with Gasteiger partial charge in [0.05, 0.1) is 5.60 Å². The molecule has 2 fully saturated rings. The van der Waals surface area contributed by atoms with Crippen molar-refractivity contribution < 1.29 is 5.11 Å². The minimum Gasteiger partial charge on any atom is -0.390 e. The van der Waals surface area contributed by atoms with E-state index in [-0.39, 0.29) is 0 Å². The molecule has 0 aliphatic heterocycles. The van der Waals surface area contributed by atoms with Gasteiger partial charge < -0.3 is 5.11 Å². The van der Waals surface area contributed by atoms with Crippen molar-refractivity contribution in [3.05, 3.63) is 0 Å². The first kappa shape index (κ1) is 9.51. The number of fused-ring (bicyclic) bond motifs is 1. The molecule has 0 heterocycles. The summed E-state index contributed by atoms with van der Waals surface area (Å²) in [6.45, 7) is 8.98. The van der Waals surface area contributed by atoms with Crippen LogP contribution in [-0.2, 0) is 0 Å². The molecule has 1 nitrogen and oxygen atoms in total. The number of rotatable bonds is 0. The molecule has 1 N–H and O–H groups in total. The fraction of sp³-hybridized carbons (Fsp3) is 1.00. The zero-order valence-electron chi connectivity index (χ0n) is 9.35. The average Bonchev–Trinajstić information content (AvgIpc) is 1.76. The van der Waals surface area contributed by atoms with E-state index in [4.69, 9.17) is 0 Å². The van der Waals surface area contributed by atoms with Crippen LogP contribution in [0.3, 0.4) is 0 Å². The van der Waals surface area contributed by atoms with Gasteiger partial charge in [0, 0.05) is 0 Å². The highest BCUT2D eigenvalue weighted by Crippen LogP contribution is 2.63. The van der Waals surface area contributed by atoms with E-state index >= 15 is 0 Å². The van der Waals surface area contributed by atoms with Gasteiger partial charge in [-0.25, -0.2) is 0 Å². The van der Waals surface area contributed by atoms with Crippen LogP contribution in [0.5, 0.6) is 0 Å². The molecule has 3 unspecified atom stereocenters. The van der Waals surface area contributed by atoms with Crippen molar-refractivity contribution in [2.24, 2.45) is 16.7 Å². The van der Waals surface area contributed by atoms with E-state index in [1.807, 2.05) is 6.92 Å². The van der Waals surface area contributed by atoms with Crippen molar-refractivity contribution in [3.8, 4) is 0 Å². The summed E-state index contributed by atoms with van der Waals surface area (Å²) in [5, 5.41) is 10.4. The molecule has 2 rings (SSSR count). The Hall–Kier alpha value is -0.0400. The quantitative estimate of drug-likeness (QED) is 0.610. The highest BCUT2D eigenvalue weighted by Gasteiger charge is 2.58. The molecule has 2 aliphatic carbocycles. The molecule has 0 bridgehead atoms. The van der Waals surface area contributed by atoms with Gasteiger partial charge in [-0.2, -0.15) is 0 Å². The van der Waals surface area contributed by atoms with Crippen molar-refractivity contribution in [1.82, 2.24) is 0 Å². The summed E-state index contributed by atoms with van der Waals surface area (Å²) in [4.78, 5) is 0. The molecule has 0 amide bonds. The summed E-state index contributed by atoms with van der Waals surface area (Å²) in [6, 6.07) is 0. The minimum atomic E-state index is -0.408. The maximum Gasteiger partial charge on any atom is 0.0658 e. The lowest BCUT2D eigenvalue weighted by Gasteiger charge is -2.62. The van der Waals surface area contributed by atoms with Gasteiger partial charge in [0.1, 0.15) is 0 Å². The summed E-state index contributed by atoms with van der Waals surface area (Å²) in [7, 11) is 0. The normalized spacial score (nSPS) is 53.8. The molecular formula is C12H22O. The smallest absolute Gasteiger partial charge is 0.0658 e. The molecular weight excluding hydrogens is 160 g/mol. The maximum absolute atomic E-state index is 10.4. The number of aliphatic hydroxyl groups is 1. The van der Waals surface area contributed by atoms with Crippen LogP contribution in [0.15, 0.2) is 0 Å². The Kier molecular flexibility index (Phi) is 1.69. The van der Waals surface area contributed by atoms with Crippen LogP contribution < -0.4 is 0 Å². The SMILES string of the molecule is CC1(C)CC(C)(O)C2CCC2(C)C1. The molecule has 0 aromatic rings. The van der Waals surface area contributed by atoms with Gasteiger partial charge in [-0.05, 0) is 49.4 Å². The Morgan fingerprint density at radius 1 is 1.08 bits per heavy atom. The van der Waals surface area contributed by atoms with Crippen molar-refractivity contribution >= 4 is 0 Å². The molecule has 0 aromatic carbocycles. The molecule has 13 heavy (non-hydrogen) atoms. The lowest BCUT2D eigenvalue weighted by Crippen LogP contribution is -2.58.